The van der Waals surface area contributed by atoms with Crippen LogP contribution < -0.4 is 21.7 Å². The number of aliphatic hydroxyl groups excluding tert-OH is 1. The summed E-state index contributed by atoms with van der Waals surface area (Å²) in [6.45, 7) is 4.01. The topological polar surface area (TPSA) is 171 Å². The molecule has 0 aliphatic rings. The number of amides is 3. The lowest BCUT2D eigenvalue weighted by Crippen LogP contribution is -2.59. The van der Waals surface area contributed by atoms with Gasteiger partial charge in [-0.25, -0.2) is 0 Å². The van der Waals surface area contributed by atoms with Crippen LogP contribution in [0.4, 0.5) is 0 Å². The fourth-order valence-corrected chi connectivity index (χ4v) is 2.30. The first-order chi connectivity index (χ1) is 12.0. The maximum absolute atomic E-state index is 12.5. The Morgan fingerprint density at radius 3 is 2.00 bits per heavy atom. The van der Waals surface area contributed by atoms with Gasteiger partial charge in [0.15, 0.2) is 0 Å². The molecule has 0 aromatic carbocycles. The van der Waals surface area contributed by atoms with Gasteiger partial charge in [-0.2, -0.15) is 11.8 Å². The number of carboxylic acids is 1. The Kier molecular flexibility index (Phi) is 10.9. The lowest BCUT2D eigenvalue weighted by Gasteiger charge is -2.25. The Bertz CT molecular complexity index is 514. The highest BCUT2D eigenvalue weighted by molar-refractivity contribution is 7.98. The van der Waals surface area contributed by atoms with E-state index in [1.54, 1.807) is 0 Å². The Morgan fingerprint density at radius 2 is 1.58 bits per heavy atom. The van der Waals surface area contributed by atoms with Gasteiger partial charge in [0.1, 0.15) is 18.1 Å². The second-order valence-corrected chi connectivity index (χ2v) is 6.91. The van der Waals surface area contributed by atoms with Gasteiger partial charge in [-0.15, -0.1) is 0 Å². The van der Waals surface area contributed by atoms with Crippen molar-refractivity contribution in [3.05, 3.63) is 0 Å². The normalized spacial score (nSPS) is 16.5. The number of hydrogen-bond acceptors (Lipinski definition) is 7. The highest BCUT2D eigenvalue weighted by Gasteiger charge is 2.31. The summed E-state index contributed by atoms with van der Waals surface area (Å²) in [6.07, 6.45) is 0.859. The molecule has 0 fully saturated rings. The predicted molar refractivity (Wildman–Crippen MR) is 97.4 cm³/mol. The third-order valence-corrected chi connectivity index (χ3v) is 4.09. The molecule has 0 heterocycles. The summed E-state index contributed by atoms with van der Waals surface area (Å²) in [4.78, 5) is 47.2. The molecule has 5 atom stereocenters. The SMILES string of the molecule is CSCCC(NC(=O)C(C)N)C(=O)NC(C(=O)NC(C)C(=O)O)C(C)O. The van der Waals surface area contributed by atoms with E-state index in [2.05, 4.69) is 16.0 Å². The molecule has 0 aliphatic heterocycles. The number of hydrogen-bond donors (Lipinski definition) is 6. The number of nitrogens with two attached hydrogens (primary N) is 1. The van der Waals surface area contributed by atoms with E-state index in [0.717, 1.165) is 0 Å². The van der Waals surface area contributed by atoms with Gasteiger partial charge in [0.2, 0.25) is 17.7 Å². The van der Waals surface area contributed by atoms with E-state index in [-0.39, 0.29) is 0 Å². The van der Waals surface area contributed by atoms with Crippen LogP contribution in [-0.4, -0.2) is 76.2 Å². The van der Waals surface area contributed by atoms with E-state index in [0.29, 0.717) is 12.2 Å². The minimum Gasteiger partial charge on any atom is -0.480 e. The van der Waals surface area contributed by atoms with Gasteiger partial charge in [-0.05, 0) is 39.2 Å². The Balaban J connectivity index is 5.13. The third-order valence-electron chi connectivity index (χ3n) is 3.45. The second-order valence-electron chi connectivity index (χ2n) is 5.93. The van der Waals surface area contributed by atoms with Crippen molar-refractivity contribution in [3.63, 3.8) is 0 Å². The zero-order valence-electron chi connectivity index (χ0n) is 15.3. The number of nitrogens with one attached hydrogen (secondary N) is 3. The largest absolute Gasteiger partial charge is 0.480 e. The van der Waals surface area contributed by atoms with E-state index in [4.69, 9.17) is 10.8 Å². The van der Waals surface area contributed by atoms with Crippen molar-refractivity contribution in [1.29, 1.82) is 0 Å². The van der Waals surface area contributed by atoms with Crippen molar-refractivity contribution in [2.24, 2.45) is 5.73 Å². The average molecular weight is 392 g/mol. The summed E-state index contributed by atoms with van der Waals surface area (Å²) < 4.78 is 0. The molecule has 0 aromatic rings. The lowest BCUT2D eigenvalue weighted by molar-refractivity contribution is -0.142. The van der Waals surface area contributed by atoms with Gasteiger partial charge < -0.3 is 31.9 Å². The minimum absolute atomic E-state index is 0.297. The van der Waals surface area contributed by atoms with Gasteiger partial charge in [-0.3, -0.25) is 19.2 Å². The van der Waals surface area contributed by atoms with Gasteiger partial charge in [0.25, 0.3) is 0 Å². The van der Waals surface area contributed by atoms with E-state index in [9.17, 15) is 24.3 Å². The van der Waals surface area contributed by atoms with Crippen LogP contribution in [-0.2, 0) is 19.2 Å². The predicted octanol–water partition coefficient (Wildman–Crippen LogP) is -1.97. The number of carbonyl (C=O) groups excluding carboxylic acids is 3. The van der Waals surface area contributed by atoms with E-state index >= 15 is 0 Å². The Labute approximate surface area is 156 Å². The standard InChI is InChI=1S/C15H28N4O6S/c1-7(16)12(21)18-10(5-6-26-4)13(22)19-11(9(3)20)14(23)17-8(2)15(24)25/h7-11,20H,5-6,16H2,1-4H3,(H,17,23)(H,18,21)(H,19,22)(H,24,25). The molecule has 10 nitrogen and oxygen atoms in total. The molecule has 0 saturated heterocycles. The van der Waals surface area contributed by atoms with E-state index in [1.807, 2.05) is 6.26 Å². The molecule has 150 valence electrons. The van der Waals surface area contributed by atoms with Gasteiger partial charge in [-0.1, -0.05) is 0 Å². The maximum atomic E-state index is 12.5. The van der Waals surface area contributed by atoms with Crippen molar-refractivity contribution < 1.29 is 29.4 Å². The number of thioether (sulfide) groups is 1. The summed E-state index contributed by atoms with van der Waals surface area (Å²) in [5, 5.41) is 25.7. The molecule has 0 aromatic heterocycles. The lowest BCUT2D eigenvalue weighted by atomic mass is 10.1. The molecule has 0 bridgehead atoms. The summed E-state index contributed by atoms with van der Waals surface area (Å²) in [6, 6.07) is -4.31. The smallest absolute Gasteiger partial charge is 0.325 e. The molecule has 0 saturated carbocycles. The Morgan fingerprint density at radius 1 is 1.00 bits per heavy atom. The molecule has 7 N–H and O–H groups in total. The van der Waals surface area contributed by atoms with Crippen molar-refractivity contribution >= 4 is 35.5 Å². The van der Waals surface area contributed by atoms with E-state index < -0.39 is 54.0 Å². The number of carbonyl (C=O) groups is 4. The van der Waals surface area contributed by atoms with Gasteiger partial charge in [0.05, 0.1) is 12.1 Å². The summed E-state index contributed by atoms with van der Waals surface area (Å²) in [5.41, 5.74) is 5.49. The molecule has 11 heteroatoms. The maximum Gasteiger partial charge on any atom is 0.325 e. The van der Waals surface area contributed by atoms with Crippen molar-refractivity contribution in [2.75, 3.05) is 12.0 Å². The number of aliphatic carboxylic acids is 1. The van der Waals surface area contributed by atoms with Crippen LogP contribution in [0.15, 0.2) is 0 Å². The molecule has 0 rings (SSSR count). The molecule has 0 radical (unpaired) electrons. The van der Waals surface area contributed by atoms with Crippen molar-refractivity contribution in [2.45, 2.75) is 57.5 Å². The van der Waals surface area contributed by atoms with Crippen LogP contribution in [0.3, 0.4) is 0 Å². The quantitative estimate of drug-likeness (QED) is 0.235. The average Bonchev–Trinajstić information content (AvgIpc) is 2.54. The fourth-order valence-electron chi connectivity index (χ4n) is 1.83. The van der Waals surface area contributed by atoms with Crippen molar-refractivity contribution in [3.8, 4) is 0 Å². The summed E-state index contributed by atoms with van der Waals surface area (Å²) in [5.74, 6) is -2.72. The molecular weight excluding hydrogens is 364 g/mol. The van der Waals surface area contributed by atoms with Crippen LogP contribution in [0.2, 0.25) is 0 Å². The zero-order valence-corrected chi connectivity index (χ0v) is 16.1. The highest BCUT2D eigenvalue weighted by atomic mass is 32.2. The van der Waals surface area contributed by atoms with Crippen LogP contribution in [0.5, 0.6) is 0 Å². The highest BCUT2D eigenvalue weighted by Crippen LogP contribution is 2.04. The molecule has 5 unspecified atom stereocenters. The third kappa shape index (κ3) is 8.50. The summed E-state index contributed by atoms with van der Waals surface area (Å²) >= 11 is 1.47. The van der Waals surface area contributed by atoms with Gasteiger partial charge in [0, 0.05) is 0 Å². The molecule has 3 amide bonds. The fraction of sp³-hybridized carbons (Fsp3) is 0.733. The number of rotatable bonds is 11. The first kappa shape index (κ1) is 24.1. The van der Waals surface area contributed by atoms with Gasteiger partial charge >= 0.3 is 5.97 Å². The molecule has 26 heavy (non-hydrogen) atoms. The van der Waals surface area contributed by atoms with Crippen molar-refractivity contribution in [1.82, 2.24) is 16.0 Å². The minimum atomic E-state index is -1.37. The zero-order chi connectivity index (χ0) is 20.4. The number of carboxylic acid groups (broad SMARTS) is 1. The molecule has 0 aliphatic carbocycles. The summed E-state index contributed by atoms with van der Waals surface area (Å²) in [7, 11) is 0. The second kappa shape index (κ2) is 11.7. The molecule has 0 spiro atoms. The first-order valence-corrected chi connectivity index (χ1v) is 9.47. The van der Waals surface area contributed by atoms with Crippen LogP contribution in [0.1, 0.15) is 27.2 Å². The monoisotopic (exact) mass is 392 g/mol. The first-order valence-electron chi connectivity index (χ1n) is 8.07. The van der Waals surface area contributed by atoms with Crippen LogP contribution in [0, 0.1) is 0 Å². The van der Waals surface area contributed by atoms with Crippen LogP contribution >= 0.6 is 11.8 Å². The Hall–Kier alpha value is -1.85. The van der Waals surface area contributed by atoms with E-state index in [1.165, 1.54) is 32.5 Å². The van der Waals surface area contributed by atoms with Crippen LogP contribution in [0.25, 0.3) is 0 Å². The molecular formula is C15H28N4O6S. The number of aliphatic hydroxyl groups is 1.